The molecule has 0 spiro atoms. The SMILES string of the molecule is C[C@H](CCCc1ccccc1)Oc1cc(O)c2c(c1)N[C@@H](C)[C@@H]1CCC(=O)C=C21. The summed E-state index contributed by atoms with van der Waals surface area (Å²) in [4.78, 5) is 12.0. The number of hydrogen-bond donors (Lipinski definition) is 2. The van der Waals surface area contributed by atoms with Gasteiger partial charge in [-0.25, -0.2) is 0 Å². The zero-order valence-corrected chi connectivity index (χ0v) is 17.2. The second kappa shape index (κ2) is 8.32. The summed E-state index contributed by atoms with van der Waals surface area (Å²) in [5.41, 5.74) is 3.91. The Kier molecular flexibility index (Phi) is 5.61. The van der Waals surface area contributed by atoms with Crippen LogP contribution in [0.2, 0.25) is 0 Å². The lowest BCUT2D eigenvalue weighted by Crippen LogP contribution is -2.34. The van der Waals surface area contributed by atoms with Gasteiger partial charge < -0.3 is 15.2 Å². The first-order valence-corrected chi connectivity index (χ1v) is 10.6. The number of ketones is 1. The molecule has 29 heavy (non-hydrogen) atoms. The average molecular weight is 392 g/mol. The van der Waals surface area contributed by atoms with Crippen molar-refractivity contribution in [1.29, 1.82) is 0 Å². The van der Waals surface area contributed by atoms with Crippen molar-refractivity contribution >= 4 is 17.0 Å². The minimum absolute atomic E-state index is 0.0559. The lowest BCUT2D eigenvalue weighted by Gasteiger charge is -2.37. The van der Waals surface area contributed by atoms with Crippen LogP contribution in [0.15, 0.2) is 48.5 Å². The molecule has 2 aromatic rings. The smallest absolute Gasteiger partial charge is 0.156 e. The van der Waals surface area contributed by atoms with Gasteiger partial charge in [0.05, 0.1) is 6.10 Å². The van der Waals surface area contributed by atoms with Gasteiger partial charge in [-0.2, -0.15) is 0 Å². The quantitative estimate of drug-likeness (QED) is 0.696. The Hall–Kier alpha value is -2.75. The Morgan fingerprint density at radius 1 is 1.24 bits per heavy atom. The van der Waals surface area contributed by atoms with E-state index in [9.17, 15) is 9.90 Å². The van der Waals surface area contributed by atoms with E-state index >= 15 is 0 Å². The Morgan fingerprint density at radius 3 is 2.83 bits per heavy atom. The van der Waals surface area contributed by atoms with Crippen molar-refractivity contribution in [2.75, 3.05) is 5.32 Å². The van der Waals surface area contributed by atoms with Gasteiger partial charge in [-0.05, 0) is 56.7 Å². The fraction of sp³-hybridized carbons (Fsp3) is 0.400. The van der Waals surface area contributed by atoms with Crippen LogP contribution in [0, 0.1) is 5.92 Å². The monoisotopic (exact) mass is 391 g/mol. The van der Waals surface area contributed by atoms with Crippen molar-refractivity contribution in [2.24, 2.45) is 5.92 Å². The molecule has 0 amide bonds. The molecule has 1 aliphatic carbocycles. The molecule has 0 unspecified atom stereocenters. The van der Waals surface area contributed by atoms with Crippen molar-refractivity contribution in [3.63, 3.8) is 0 Å². The number of ether oxygens (including phenoxy) is 1. The van der Waals surface area contributed by atoms with Crippen molar-refractivity contribution in [3.05, 3.63) is 59.7 Å². The van der Waals surface area contributed by atoms with Crippen molar-refractivity contribution in [2.45, 2.75) is 58.1 Å². The van der Waals surface area contributed by atoms with Crippen LogP contribution < -0.4 is 10.1 Å². The normalized spacial score (nSPS) is 21.4. The minimum atomic E-state index is 0.0559. The van der Waals surface area contributed by atoms with E-state index in [4.69, 9.17) is 4.74 Å². The summed E-state index contributed by atoms with van der Waals surface area (Å²) in [7, 11) is 0. The third-order valence-electron chi connectivity index (χ3n) is 6.04. The summed E-state index contributed by atoms with van der Waals surface area (Å²) in [6.07, 6.45) is 6.21. The zero-order valence-electron chi connectivity index (χ0n) is 17.2. The summed E-state index contributed by atoms with van der Waals surface area (Å²) >= 11 is 0. The summed E-state index contributed by atoms with van der Waals surface area (Å²) < 4.78 is 6.11. The van der Waals surface area contributed by atoms with Crippen LogP contribution >= 0.6 is 0 Å². The van der Waals surface area contributed by atoms with Crippen molar-refractivity contribution in [1.82, 2.24) is 0 Å². The maximum absolute atomic E-state index is 12.0. The standard InChI is InChI=1S/C25H29NO3/c1-16(7-6-10-18-8-4-3-5-9-18)29-20-14-23-25(24(28)15-20)22-13-19(27)11-12-21(22)17(2)26-23/h3-5,8-9,13-17,21,26,28H,6-7,10-12H2,1-2H3/t16-,17+,21+/m1/s1. The van der Waals surface area contributed by atoms with Gasteiger partial charge in [0.1, 0.15) is 11.5 Å². The maximum atomic E-state index is 12.0. The third-order valence-corrected chi connectivity index (χ3v) is 6.04. The molecule has 0 bridgehead atoms. The Morgan fingerprint density at radius 2 is 2.03 bits per heavy atom. The molecule has 3 atom stereocenters. The van der Waals surface area contributed by atoms with E-state index in [-0.39, 0.29) is 29.6 Å². The van der Waals surface area contributed by atoms with Crippen LogP contribution in [0.1, 0.15) is 50.7 Å². The Balaban J connectivity index is 1.45. The first kappa shape index (κ1) is 19.6. The topological polar surface area (TPSA) is 58.6 Å². The molecule has 0 saturated carbocycles. The number of carbonyl (C=O) groups excluding carboxylic acids is 1. The van der Waals surface area contributed by atoms with Gasteiger partial charge in [0.25, 0.3) is 0 Å². The Bertz CT molecular complexity index is 919. The van der Waals surface area contributed by atoms with Gasteiger partial charge in [-0.3, -0.25) is 4.79 Å². The predicted molar refractivity (Wildman–Crippen MR) is 116 cm³/mol. The summed E-state index contributed by atoms with van der Waals surface area (Å²) in [6.45, 7) is 4.20. The number of allylic oxidation sites excluding steroid dienone is 1. The maximum Gasteiger partial charge on any atom is 0.156 e. The molecule has 2 aliphatic rings. The van der Waals surface area contributed by atoms with Gasteiger partial charge in [-0.15, -0.1) is 0 Å². The van der Waals surface area contributed by atoms with E-state index in [2.05, 4.69) is 43.4 Å². The second-order valence-corrected chi connectivity index (χ2v) is 8.32. The van der Waals surface area contributed by atoms with Crippen LogP contribution in [0.25, 0.3) is 5.57 Å². The van der Waals surface area contributed by atoms with E-state index in [1.165, 1.54) is 5.56 Å². The molecular formula is C25H29NO3. The lowest BCUT2D eigenvalue weighted by molar-refractivity contribution is -0.115. The van der Waals surface area contributed by atoms with Gasteiger partial charge in [0.2, 0.25) is 0 Å². The van der Waals surface area contributed by atoms with Crippen LogP contribution in [0.5, 0.6) is 11.5 Å². The highest BCUT2D eigenvalue weighted by Crippen LogP contribution is 2.47. The summed E-state index contributed by atoms with van der Waals surface area (Å²) in [5, 5.41) is 14.2. The molecule has 0 aromatic heterocycles. The van der Waals surface area contributed by atoms with Crippen LogP contribution in [-0.4, -0.2) is 23.0 Å². The molecule has 2 aromatic carbocycles. The molecule has 4 nitrogen and oxygen atoms in total. The summed E-state index contributed by atoms with van der Waals surface area (Å²) in [6, 6.07) is 14.3. The molecule has 1 aliphatic heterocycles. The number of fused-ring (bicyclic) bond motifs is 3. The van der Waals surface area contributed by atoms with E-state index in [0.717, 1.165) is 42.5 Å². The molecule has 2 N–H and O–H groups in total. The Labute approximate surface area is 172 Å². The predicted octanol–water partition coefficient (Wildman–Crippen LogP) is 5.36. The number of rotatable bonds is 6. The van der Waals surface area contributed by atoms with Crippen molar-refractivity contribution in [3.8, 4) is 11.5 Å². The molecule has 0 saturated heterocycles. The molecule has 4 rings (SSSR count). The first-order chi connectivity index (χ1) is 14.0. The average Bonchev–Trinajstić information content (AvgIpc) is 2.68. The number of aromatic hydroxyl groups is 1. The van der Waals surface area contributed by atoms with Gasteiger partial charge >= 0.3 is 0 Å². The first-order valence-electron chi connectivity index (χ1n) is 10.6. The number of benzene rings is 2. The molecule has 1 heterocycles. The molecule has 152 valence electrons. The van der Waals surface area contributed by atoms with E-state index < -0.39 is 0 Å². The highest BCUT2D eigenvalue weighted by molar-refractivity contribution is 6.02. The van der Waals surface area contributed by atoms with E-state index in [1.807, 2.05) is 12.1 Å². The fourth-order valence-corrected chi connectivity index (χ4v) is 4.54. The number of phenolic OH excluding ortho intramolecular Hbond substituents is 1. The van der Waals surface area contributed by atoms with Crippen LogP contribution in [0.3, 0.4) is 0 Å². The highest BCUT2D eigenvalue weighted by Gasteiger charge is 2.34. The molecular weight excluding hydrogens is 362 g/mol. The third kappa shape index (κ3) is 4.31. The molecule has 0 fully saturated rings. The fourth-order valence-electron chi connectivity index (χ4n) is 4.54. The zero-order chi connectivity index (χ0) is 20.4. The van der Waals surface area contributed by atoms with Crippen molar-refractivity contribution < 1.29 is 14.6 Å². The van der Waals surface area contributed by atoms with E-state index in [0.29, 0.717) is 12.2 Å². The number of carbonyl (C=O) groups is 1. The van der Waals surface area contributed by atoms with E-state index in [1.54, 1.807) is 12.1 Å². The molecule has 0 radical (unpaired) electrons. The van der Waals surface area contributed by atoms with Crippen LogP contribution in [-0.2, 0) is 11.2 Å². The second-order valence-electron chi connectivity index (χ2n) is 8.32. The summed E-state index contributed by atoms with van der Waals surface area (Å²) in [5.74, 6) is 1.24. The number of hydrogen-bond acceptors (Lipinski definition) is 4. The number of phenols is 1. The number of anilines is 1. The lowest BCUT2D eigenvalue weighted by atomic mass is 9.76. The number of nitrogens with one attached hydrogen (secondary N) is 1. The van der Waals surface area contributed by atoms with Gasteiger partial charge in [0.15, 0.2) is 5.78 Å². The number of aryl methyl sites for hydroxylation is 1. The highest BCUT2D eigenvalue weighted by atomic mass is 16.5. The van der Waals surface area contributed by atoms with Gasteiger partial charge in [-0.1, -0.05) is 30.3 Å². The van der Waals surface area contributed by atoms with Gasteiger partial charge in [0, 0.05) is 41.8 Å². The largest absolute Gasteiger partial charge is 0.507 e. The molecule has 4 heteroatoms. The minimum Gasteiger partial charge on any atom is -0.507 e. The van der Waals surface area contributed by atoms with Crippen LogP contribution in [0.4, 0.5) is 5.69 Å².